The number of nitrogens with zero attached hydrogens (tertiary/aromatic N) is 2. The first-order chi connectivity index (χ1) is 9.18. The van der Waals surface area contributed by atoms with Crippen LogP contribution >= 0.6 is 15.9 Å². The van der Waals surface area contributed by atoms with Crippen LogP contribution in [0.1, 0.15) is 18.9 Å². The van der Waals surface area contributed by atoms with E-state index in [1.54, 1.807) is 12.4 Å². The molecule has 2 N–H and O–H groups in total. The van der Waals surface area contributed by atoms with Gasteiger partial charge in [-0.1, -0.05) is 18.2 Å². The van der Waals surface area contributed by atoms with E-state index < -0.39 is 0 Å². The van der Waals surface area contributed by atoms with Gasteiger partial charge in [0.2, 0.25) is 0 Å². The normalized spacial score (nSPS) is 18.2. The Morgan fingerprint density at radius 1 is 1.32 bits per heavy atom. The lowest BCUT2D eigenvalue weighted by atomic mass is 9.96. The summed E-state index contributed by atoms with van der Waals surface area (Å²) >= 11 is 3.58. The second kappa shape index (κ2) is 4.85. The standard InChI is InChI=1S/C15H16BrN3/c1-10-6-7-11-4-2-3-5-14(11)19(10)15-12(16)8-18-9-13(15)17/h2-5,8-10H,6-7,17H2,1H3. The predicted octanol–water partition coefficient (Wildman–Crippen LogP) is 3.90. The van der Waals surface area contributed by atoms with E-state index in [2.05, 4.69) is 57.0 Å². The zero-order valence-electron chi connectivity index (χ0n) is 10.8. The Bertz CT molecular complexity index is 592. The third-order valence-electron chi connectivity index (χ3n) is 3.67. The van der Waals surface area contributed by atoms with Crippen molar-refractivity contribution in [1.82, 2.24) is 4.98 Å². The van der Waals surface area contributed by atoms with Crippen molar-refractivity contribution in [2.24, 2.45) is 0 Å². The second-order valence-electron chi connectivity index (χ2n) is 4.95. The molecule has 2 aromatic rings. The van der Waals surface area contributed by atoms with Crippen molar-refractivity contribution in [2.45, 2.75) is 25.8 Å². The van der Waals surface area contributed by atoms with E-state index in [1.807, 2.05) is 0 Å². The van der Waals surface area contributed by atoms with Crippen molar-refractivity contribution in [3.05, 3.63) is 46.7 Å². The molecule has 0 radical (unpaired) electrons. The van der Waals surface area contributed by atoms with Crippen LogP contribution in [0.3, 0.4) is 0 Å². The Hall–Kier alpha value is -1.55. The van der Waals surface area contributed by atoms with Crippen LogP contribution in [0.25, 0.3) is 0 Å². The van der Waals surface area contributed by atoms with E-state index in [0.717, 1.165) is 23.0 Å². The number of hydrogen-bond donors (Lipinski definition) is 1. The Morgan fingerprint density at radius 2 is 2.11 bits per heavy atom. The van der Waals surface area contributed by atoms with Crippen LogP contribution in [0.15, 0.2) is 41.1 Å². The zero-order chi connectivity index (χ0) is 13.4. The number of aromatic nitrogens is 1. The smallest absolute Gasteiger partial charge is 0.0823 e. The third kappa shape index (κ3) is 2.10. The number of para-hydroxylation sites is 1. The summed E-state index contributed by atoms with van der Waals surface area (Å²) in [5, 5.41) is 0. The highest BCUT2D eigenvalue weighted by atomic mass is 79.9. The van der Waals surface area contributed by atoms with Crippen molar-refractivity contribution in [1.29, 1.82) is 0 Å². The van der Waals surface area contributed by atoms with E-state index in [-0.39, 0.29) is 0 Å². The van der Waals surface area contributed by atoms with Gasteiger partial charge >= 0.3 is 0 Å². The molecular weight excluding hydrogens is 302 g/mol. The van der Waals surface area contributed by atoms with E-state index in [0.29, 0.717) is 11.7 Å². The zero-order valence-corrected chi connectivity index (χ0v) is 12.4. The molecule has 0 bridgehead atoms. The maximum atomic E-state index is 6.14. The number of nitrogen functional groups attached to an aromatic ring is 1. The van der Waals surface area contributed by atoms with Crippen molar-refractivity contribution >= 4 is 33.0 Å². The van der Waals surface area contributed by atoms with E-state index >= 15 is 0 Å². The minimum atomic E-state index is 0.427. The van der Waals surface area contributed by atoms with Gasteiger partial charge in [-0.05, 0) is 47.3 Å². The first kappa shape index (κ1) is 12.5. The molecule has 0 amide bonds. The molecule has 98 valence electrons. The average molecular weight is 318 g/mol. The molecule has 1 unspecified atom stereocenters. The Labute approximate surface area is 121 Å². The minimum Gasteiger partial charge on any atom is -0.396 e. The van der Waals surface area contributed by atoms with Gasteiger partial charge in [-0.2, -0.15) is 0 Å². The van der Waals surface area contributed by atoms with Crippen molar-refractivity contribution in [2.75, 3.05) is 10.6 Å². The highest BCUT2D eigenvalue weighted by Crippen LogP contribution is 2.42. The monoisotopic (exact) mass is 317 g/mol. The first-order valence-electron chi connectivity index (χ1n) is 6.44. The van der Waals surface area contributed by atoms with Crippen LogP contribution < -0.4 is 10.6 Å². The van der Waals surface area contributed by atoms with Gasteiger partial charge in [0.25, 0.3) is 0 Å². The molecule has 1 aliphatic rings. The van der Waals surface area contributed by atoms with Gasteiger partial charge in [-0.15, -0.1) is 0 Å². The summed E-state index contributed by atoms with van der Waals surface area (Å²) in [4.78, 5) is 6.44. The van der Waals surface area contributed by atoms with Gasteiger partial charge in [0.05, 0.1) is 22.0 Å². The highest BCUT2D eigenvalue weighted by molar-refractivity contribution is 9.10. The molecule has 19 heavy (non-hydrogen) atoms. The molecule has 3 rings (SSSR count). The Balaban J connectivity index is 2.19. The van der Waals surface area contributed by atoms with Crippen LogP contribution in [0, 0.1) is 0 Å². The molecule has 0 spiro atoms. The summed E-state index contributed by atoms with van der Waals surface area (Å²) in [7, 11) is 0. The van der Waals surface area contributed by atoms with Crippen molar-refractivity contribution in [3.63, 3.8) is 0 Å². The Morgan fingerprint density at radius 3 is 2.89 bits per heavy atom. The molecule has 0 fully saturated rings. The van der Waals surface area contributed by atoms with Crippen LogP contribution in [-0.2, 0) is 6.42 Å². The Kier molecular flexibility index (Phi) is 3.19. The average Bonchev–Trinajstić information content (AvgIpc) is 2.41. The quantitative estimate of drug-likeness (QED) is 0.867. The number of pyridine rings is 1. The van der Waals surface area contributed by atoms with Gasteiger partial charge in [0, 0.05) is 17.9 Å². The van der Waals surface area contributed by atoms with E-state index in [1.165, 1.54) is 11.3 Å². The first-order valence-corrected chi connectivity index (χ1v) is 7.24. The maximum Gasteiger partial charge on any atom is 0.0823 e. The molecule has 0 saturated carbocycles. The molecule has 3 nitrogen and oxygen atoms in total. The maximum absolute atomic E-state index is 6.14. The molecule has 1 aromatic heterocycles. The molecular formula is C15H16BrN3. The third-order valence-corrected chi connectivity index (χ3v) is 4.25. The largest absolute Gasteiger partial charge is 0.396 e. The molecule has 1 aromatic carbocycles. The summed E-state index contributed by atoms with van der Waals surface area (Å²) in [5.41, 5.74) is 10.5. The van der Waals surface area contributed by atoms with Gasteiger partial charge in [-0.25, -0.2) is 0 Å². The SMILES string of the molecule is CC1CCc2ccccc2N1c1c(N)cncc1Br. The number of fused-ring (bicyclic) bond motifs is 1. The van der Waals surface area contributed by atoms with Crippen LogP contribution in [0.2, 0.25) is 0 Å². The molecule has 4 heteroatoms. The van der Waals surface area contributed by atoms with Gasteiger partial charge in [0.15, 0.2) is 0 Å². The lowest BCUT2D eigenvalue weighted by Gasteiger charge is -2.38. The highest BCUT2D eigenvalue weighted by Gasteiger charge is 2.26. The summed E-state index contributed by atoms with van der Waals surface area (Å²) in [6.07, 6.45) is 5.77. The number of hydrogen-bond acceptors (Lipinski definition) is 3. The fraction of sp³-hybridized carbons (Fsp3) is 0.267. The number of rotatable bonds is 1. The van der Waals surface area contributed by atoms with Crippen LogP contribution in [0.4, 0.5) is 17.1 Å². The molecule has 1 atom stereocenters. The fourth-order valence-corrected chi connectivity index (χ4v) is 3.26. The van der Waals surface area contributed by atoms with E-state index in [9.17, 15) is 0 Å². The summed E-state index contributed by atoms with van der Waals surface area (Å²) in [6.45, 7) is 2.24. The van der Waals surface area contributed by atoms with E-state index in [4.69, 9.17) is 5.73 Å². The van der Waals surface area contributed by atoms with Crippen molar-refractivity contribution in [3.8, 4) is 0 Å². The molecule has 1 aliphatic heterocycles. The number of aryl methyl sites for hydroxylation is 1. The van der Waals surface area contributed by atoms with Crippen molar-refractivity contribution < 1.29 is 0 Å². The second-order valence-corrected chi connectivity index (χ2v) is 5.80. The molecule has 0 saturated heterocycles. The summed E-state index contributed by atoms with van der Waals surface area (Å²) in [5.74, 6) is 0. The topological polar surface area (TPSA) is 42.1 Å². The fourth-order valence-electron chi connectivity index (χ4n) is 2.73. The number of halogens is 1. The lowest BCUT2D eigenvalue weighted by Crippen LogP contribution is -2.34. The molecule has 0 aliphatic carbocycles. The predicted molar refractivity (Wildman–Crippen MR) is 82.7 cm³/mol. The van der Waals surface area contributed by atoms with Gasteiger partial charge in [0.1, 0.15) is 0 Å². The summed E-state index contributed by atoms with van der Waals surface area (Å²) in [6, 6.07) is 8.96. The molecule has 2 heterocycles. The van der Waals surface area contributed by atoms with Gasteiger partial charge in [-0.3, -0.25) is 4.98 Å². The van der Waals surface area contributed by atoms with Crippen LogP contribution in [0.5, 0.6) is 0 Å². The number of benzene rings is 1. The van der Waals surface area contributed by atoms with Crippen LogP contribution in [-0.4, -0.2) is 11.0 Å². The summed E-state index contributed by atoms with van der Waals surface area (Å²) < 4.78 is 0.941. The number of anilines is 3. The van der Waals surface area contributed by atoms with Gasteiger partial charge < -0.3 is 10.6 Å². The lowest BCUT2D eigenvalue weighted by molar-refractivity contribution is 0.618. The minimum absolute atomic E-state index is 0.427. The number of nitrogens with two attached hydrogens (primary N) is 1.